The van der Waals surface area contributed by atoms with Crippen LogP contribution in [-0.2, 0) is 4.79 Å². The Morgan fingerprint density at radius 3 is 2.33 bits per heavy atom. The minimum absolute atomic E-state index is 0.109. The Labute approximate surface area is 111 Å². The summed E-state index contributed by atoms with van der Waals surface area (Å²) in [5.74, 6) is 0.109. The second kappa shape index (κ2) is 7.74. The Kier molecular flexibility index (Phi) is 6.65. The maximum absolute atomic E-state index is 11.9. The number of hydrogen-bond donors (Lipinski definition) is 2. The summed E-state index contributed by atoms with van der Waals surface area (Å²) < 4.78 is 0. The number of amides is 1. The van der Waals surface area contributed by atoms with Crippen LogP contribution in [0.15, 0.2) is 0 Å². The van der Waals surface area contributed by atoms with Crippen molar-refractivity contribution in [1.82, 2.24) is 15.5 Å². The zero-order valence-electron chi connectivity index (χ0n) is 12.3. The van der Waals surface area contributed by atoms with Gasteiger partial charge in [0.05, 0.1) is 6.04 Å². The first-order valence-corrected chi connectivity index (χ1v) is 7.31. The molecule has 0 aliphatic carbocycles. The van der Waals surface area contributed by atoms with Gasteiger partial charge in [0.15, 0.2) is 0 Å². The molecule has 0 aromatic rings. The molecule has 3 unspecified atom stereocenters. The SMILES string of the molecule is CCC(C)NC(=O)C(C)NC(C)CN1CCCC1. The van der Waals surface area contributed by atoms with Crippen molar-refractivity contribution in [2.45, 2.75) is 65.1 Å². The van der Waals surface area contributed by atoms with Crippen LogP contribution in [0.25, 0.3) is 0 Å². The molecule has 1 aliphatic heterocycles. The number of rotatable bonds is 7. The Bertz CT molecular complexity index is 251. The fourth-order valence-corrected chi connectivity index (χ4v) is 2.38. The number of nitrogens with zero attached hydrogens (tertiary/aromatic N) is 1. The van der Waals surface area contributed by atoms with Gasteiger partial charge in [0, 0.05) is 18.6 Å². The molecule has 4 nitrogen and oxygen atoms in total. The highest BCUT2D eigenvalue weighted by Gasteiger charge is 2.19. The van der Waals surface area contributed by atoms with Crippen molar-refractivity contribution < 1.29 is 4.79 Å². The van der Waals surface area contributed by atoms with Crippen molar-refractivity contribution in [1.29, 1.82) is 0 Å². The Hall–Kier alpha value is -0.610. The summed E-state index contributed by atoms with van der Waals surface area (Å²) >= 11 is 0. The Morgan fingerprint density at radius 1 is 1.17 bits per heavy atom. The normalized spacial score (nSPS) is 21.6. The van der Waals surface area contributed by atoms with Crippen molar-refractivity contribution >= 4 is 5.91 Å². The van der Waals surface area contributed by atoms with Gasteiger partial charge >= 0.3 is 0 Å². The number of likely N-dealkylation sites (tertiary alicyclic amines) is 1. The molecule has 1 amide bonds. The van der Waals surface area contributed by atoms with Crippen LogP contribution in [-0.4, -0.2) is 48.6 Å². The molecule has 2 N–H and O–H groups in total. The summed E-state index contributed by atoms with van der Waals surface area (Å²) in [5.41, 5.74) is 0. The molecule has 106 valence electrons. The van der Waals surface area contributed by atoms with Gasteiger partial charge in [-0.2, -0.15) is 0 Å². The molecule has 0 saturated carbocycles. The van der Waals surface area contributed by atoms with Gasteiger partial charge in [-0.05, 0) is 53.1 Å². The topological polar surface area (TPSA) is 44.4 Å². The van der Waals surface area contributed by atoms with Crippen LogP contribution < -0.4 is 10.6 Å². The smallest absolute Gasteiger partial charge is 0.237 e. The average Bonchev–Trinajstić information content (AvgIpc) is 2.81. The van der Waals surface area contributed by atoms with Gasteiger partial charge < -0.3 is 15.5 Å². The highest BCUT2D eigenvalue weighted by atomic mass is 16.2. The lowest BCUT2D eigenvalue weighted by Crippen LogP contribution is -2.50. The van der Waals surface area contributed by atoms with Crippen LogP contribution in [0.3, 0.4) is 0 Å². The average molecular weight is 255 g/mol. The van der Waals surface area contributed by atoms with E-state index in [2.05, 4.69) is 29.4 Å². The third kappa shape index (κ3) is 5.36. The van der Waals surface area contributed by atoms with Gasteiger partial charge in [-0.25, -0.2) is 0 Å². The van der Waals surface area contributed by atoms with E-state index in [0.29, 0.717) is 6.04 Å². The summed E-state index contributed by atoms with van der Waals surface area (Å²) in [4.78, 5) is 14.4. The third-order valence-electron chi connectivity index (χ3n) is 3.66. The second-order valence-electron chi connectivity index (χ2n) is 5.62. The zero-order chi connectivity index (χ0) is 13.5. The lowest BCUT2D eigenvalue weighted by atomic mass is 10.2. The molecule has 0 bridgehead atoms. The third-order valence-corrected chi connectivity index (χ3v) is 3.66. The van der Waals surface area contributed by atoms with Crippen LogP contribution in [0.5, 0.6) is 0 Å². The van der Waals surface area contributed by atoms with E-state index in [1.165, 1.54) is 25.9 Å². The van der Waals surface area contributed by atoms with Crippen molar-refractivity contribution in [3.63, 3.8) is 0 Å². The van der Waals surface area contributed by atoms with Gasteiger partial charge in [0.25, 0.3) is 0 Å². The van der Waals surface area contributed by atoms with Crippen molar-refractivity contribution in [3.05, 3.63) is 0 Å². The first kappa shape index (κ1) is 15.4. The molecule has 1 saturated heterocycles. The van der Waals surface area contributed by atoms with E-state index in [-0.39, 0.29) is 18.0 Å². The largest absolute Gasteiger partial charge is 0.352 e. The Morgan fingerprint density at radius 2 is 1.78 bits per heavy atom. The molecule has 18 heavy (non-hydrogen) atoms. The quantitative estimate of drug-likeness (QED) is 0.722. The van der Waals surface area contributed by atoms with Gasteiger partial charge in [0.2, 0.25) is 5.91 Å². The van der Waals surface area contributed by atoms with E-state index < -0.39 is 0 Å². The van der Waals surface area contributed by atoms with E-state index in [4.69, 9.17) is 0 Å². The van der Waals surface area contributed by atoms with Gasteiger partial charge in [-0.1, -0.05) is 6.92 Å². The number of hydrogen-bond acceptors (Lipinski definition) is 3. The minimum atomic E-state index is -0.114. The molecule has 0 aromatic heterocycles. The molecule has 4 heteroatoms. The monoisotopic (exact) mass is 255 g/mol. The zero-order valence-corrected chi connectivity index (χ0v) is 12.3. The molecule has 1 fully saturated rings. The maximum atomic E-state index is 11.9. The molecular weight excluding hydrogens is 226 g/mol. The van der Waals surface area contributed by atoms with Gasteiger partial charge in [0.1, 0.15) is 0 Å². The molecule has 3 atom stereocenters. The fraction of sp³-hybridized carbons (Fsp3) is 0.929. The summed E-state index contributed by atoms with van der Waals surface area (Å²) in [6.07, 6.45) is 3.61. The first-order chi connectivity index (χ1) is 8.52. The van der Waals surface area contributed by atoms with E-state index in [1.54, 1.807) is 0 Å². The molecular formula is C14H29N3O. The molecule has 0 radical (unpaired) electrons. The van der Waals surface area contributed by atoms with Crippen LogP contribution in [0.2, 0.25) is 0 Å². The molecule has 0 aromatic carbocycles. The fourth-order valence-electron chi connectivity index (χ4n) is 2.38. The van der Waals surface area contributed by atoms with E-state index >= 15 is 0 Å². The highest BCUT2D eigenvalue weighted by molar-refractivity contribution is 5.81. The van der Waals surface area contributed by atoms with Crippen LogP contribution >= 0.6 is 0 Å². The van der Waals surface area contributed by atoms with E-state index in [0.717, 1.165) is 13.0 Å². The standard InChI is InChI=1S/C14H29N3O/c1-5-11(2)16-14(18)13(4)15-12(3)10-17-8-6-7-9-17/h11-13,15H,5-10H2,1-4H3,(H,16,18). The van der Waals surface area contributed by atoms with Crippen LogP contribution in [0.4, 0.5) is 0 Å². The predicted molar refractivity (Wildman–Crippen MR) is 75.6 cm³/mol. The summed E-state index contributed by atoms with van der Waals surface area (Å²) in [7, 11) is 0. The molecule has 0 spiro atoms. The Balaban J connectivity index is 2.24. The number of carbonyl (C=O) groups excluding carboxylic acids is 1. The lowest BCUT2D eigenvalue weighted by Gasteiger charge is -2.25. The van der Waals surface area contributed by atoms with Crippen molar-refractivity contribution in [2.24, 2.45) is 0 Å². The maximum Gasteiger partial charge on any atom is 0.237 e. The van der Waals surface area contributed by atoms with Crippen molar-refractivity contribution in [3.8, 4) is 0 Å². The second-order valence-corrected chi connectivity index (χ2v) is 5.62. The first-order valence-electron chi connectivity index (χ1n) is 7.31. The minimum Gasteiger partial charge on any atom is -0.352 e. The molecule has 1 rings (SSSR count). The summed E-state index contributed by atoms with van der Waals surface area (Å²) in [5, 5.41) is 6.40. The number of nitrogens with one attached hydrogen (secondary N) is 2. The lowest BCUT2D eigenvalue weighted by molar-refractivity contribution is -0.123. The highest BCUT2D eigenvalue weighted by Crippen LogP contribution is 2.07. The van der Waals surface area contributed by atoms with E-state index in [1.807, 2.05) is 13.8 Å². The van der Waals surface area contributed by atoms with Crippen molar-refractivity contribution in [2.75, 3.05) is 19.6 Å². The number of carbonyl (C=O) groups is 1. The van der Waals surface area contributed by atoms with Gasteiger partial charge in [-0.15, -0.1) is 0 Å². The molecule has 1 aliphatic rings. The van der Waals surface area contributed by atoms with Crippen LogP contribution in [0, 0.1) is 0 Å². The summed E-state index contributed by atoms with van der Waals surface area (Å²) in [6, 6.07) is 0.507. The predicted octanol–water partition coefficient (Wildman–Crippen LogP) is 1.36. The molecule has 1 heterocycles. The van der Waals surface area contributed by atoms with Gasteiger partial charge in [-0.3, -0.25) is 4.79 Å². The summed E-state index contributed by atoms with van der Waals surface area (Å²) in [6.45, 7) is 11.7. The van der Waals surface area contributed by atoms with E-state index in [9.17, 15) is 4.79 Å². The van der Waals surface area contributed by atoms with Crippen LogP contribution in [0.1, 0.15) is 47.0 Å².